The molecule has 126 valence electrons. The third kappa shape index (κ3) is 3.75. The zero-order valence-corrected chi connectivity index (χ0v) is 13.4. The minimum absolute atomic E-state index is 0.0755. The molecule has 9 nitrogen and oxygen atoms in total. The number of para-hydroxylation sites is 1. The summed E-state index contributed by atoms with van der Waals surface area (Å²) in [5.74, 6) is -1.70. The number of hydrogen-bond acceptors (Lipinski definition) is 8. The Morgan fingerprint density at radius 1 is 1.16 bits per heavy atom. The van der Waals surface area contributed by atoms with Crippen LogP contribution in [-0.2, 0) is 9.53 Å². The lowest BCUT2D eigenvalue weighted by Crippen LogP contribution is -2.37. The number of amides is 3. The molecule has 0 saturated carbocycles. The first kappa shape index (κ1) is 16.5. The van der Waals surface area contributed by atoms with Crippen LogP contribution in [0, 0.1) is 0 Å². The van der Waals surface area contributed by atoms with Crippen LogP contribution >= 0.6 is 11.3 Å². The van der Waals surface area contributed by atoms with Gasteiger partial charge in [0.1, 0.15) is 10.7 Å². The van der Waals surface area contributed by atoms with Gasteiger partial charge in [-0.1, -0.05) is 12.1 Å². The second-order valence-electron chi connectivity index (χ2n) is 4.73. The van der Waals surface area contributed by atoms with Crippen LogP contribution in [0.15, 0.2) is 36.7 Å². The van der Waals surface area contributed by atoms with E-state index in [1.807, 2.05) is 24.3 Å². The van der Waals surface area contributed by atoms with Crippen LogP contribution in [0.1, 0.15) is 10.5 Å². The van der Waals surface area contributed by atoms with E-state index in [-0.39, 0.29) is 11.4 Å². The summed E-state index contributed by atoms with van der Waals surface area (Å²) >= 11 is 1.35. The van der Waals surface area contributed by atoms with Gasteiger partial charge < -0.3 is 10.5 Å². The van der Waals surface area contributed by atoms with Crippen LogP contribution in [0.5, 0.6) is 0 Å². The van der Waals surface area contributed by atoms with Crippen LogP contribution in [0.3, 0.4) is 0 Å². The lowest BCUT2D eigenvalue weighted by molar-refractivity contribution is -0.123. The predicted molar refractivity (Wildman–Crippen MR) is 88.7 cm³/mol. The van der Waals surface area contributed by atoms with Crippen LogP contribution in [0.25, 0.3) is 20.9 Å². The fraction of sp³-hybridized carbons (Fsp3) is 0.0667. The summed E-state index contributed by atoms with van der Waals surface area (Å²) < 4.78 is 5.78. The monoisotopic (exact) mass is 357 g/mol. The Labute approximate surface area is 144 Å². The maximum Gasteiger partial charge on any atom is 0.359 e. The zero-order chi connectivity index (χ0) is 17.8. The van der Waals surface area contributed by atoms with E-state index in [0.717, 1.165) is 10.2 Å². The third-order valence-corrected chi connectivity index (χ3v) is 4.03. The Hall–Kier alpha value is -3.40. The lowest BCUT2D eigenvalue weighted by Gasteiger charge is -2.05. The molecule has 0 atom stereocenters. The predicted octanol–water partition coefficient (Wildman–Crippen LogP) is 1.11. The number of esters is 1. The number of benzene rings is 1. The highest BCUT2D eigenvalue weighted by Gasteiger charge is 2.21. The molecular weight excluding hydrogens is 346 g/mol. The number of ether oxygens (including phenoxy) is 1. The number of carbonyl (C=O) groups excluding carboxylic acids is 3. The van der Waals surface area contributed by atoms with Gasteiger partial charge in [-0.2, -0.15) is 0 Å². The smallest absolute Gasteiger partial charge is 0.359 e. The van der Waals surface area contributed by atoms with Crippen molar-refractivity contribution in [2.75, 3.05) is 6.61 Å². The quantitative estimate of drug-likeness (QED) is 0.667. The molecule has 3 N–H and O–H groups in total. The van der Waals surface area contributed by atoms with Gasteiger partial charge in [-0.3, -0.25) is 10.1 Å². The number of urea groups is 1. The van der Waals surface area contributed by atoms with E-state index in [1.165, 1.54) is 23.7 Å². The molecule has 0 aliphatic heterocycles. The van der Waals surface area contributed by atoms with Gasteiger partial charge in [0.05, 0.1) is 10.2 Å². The Balaban J connectivity index is 1.84. The van der Waals surface area contributed by atoms with E-state index in [1.54, 1.807) is 5.32 Å². The van der Waals surface area contributed by atoms with Crippen molar-refractivity contribution in [1.29, 1.82) is 0 Å². The van der Waals surface area contributed by atoms with Crippen molar-refractivity contribution >= 4 is 39.5 Å². The van der Waals surface area contributed by atoms with E-state index in [9.17, 15) is 14.4 Å². The second kappa shape index (κ2) is 7.01. The molecule has 3 amide bonds. The fourth-order valence-electron chi connectivity index (χ4n) is 1.99. The number of fused-ring (bicyclic) bond motifs is 1. The summed E-state index contributed by atoms with van der Waals surface area (Å²) in [5.41, 5.74) is 5.76. The molecule has 0 bridgehead atoms. The van der Waals surface area contributed by atoms with Crippen LogP contribution in [0.4, 0.5) is 4.79 Å². The molecule has 0 saturated heterocycles. The first-order valence-electron chi connectivity index (χ1n) is 6.98. The SMILES string of the molecule is NC(=O)NC(=O)COC(=O)c1nccnc1-c1nc2ccccc2s1. The molecule has 2 aromatic heterocycles. The largest absolute Gasteiger partial charge is 0.451 e. The van der Waals surface area contributed by atoms with Crippen molar-refractivity contribution in [2.45, 2.75) is 0 Å². The number of primary amides is 1. The molecule has 2 heterocycles. The molecule has 0 radical (unpaired) electrons. The van der Waals surface area contributed by atoms with E-state index >= 15 is 0 Å². The molecule has 0 spiro atoms. The number of thiazole rings is 1. The molecule has 0 aliphatic carbocycles. The molecule has 1 aromatic carbocycles. The van der Waals surface area contributed by atoms with E-state index in [4.69, 9.17) is 10.5 Å². The van der Waals surface area contributed by atoms with Crippen molar-refractivity contribution in [3.63, 3.8) is 0 Å². The van der Waals surface area contributed by atoms with E-state index in [0.29, 0.717) is 5.01 Å². The van der Waals surface area contributed by atoms with E-state index in [2.05, 4.69) is 15.0 Å². The highest BCUT2D eigenvalue weighted by atomic mass is 32.1. The van der Waals surface area contributed by atoms with Crippen LogP contribution in [-0.4, -0.2) is 39.5 Å². The second-order valence-corrected chi connectivity index (χ2v) is 5.76. The minimum Gasteiger partial charge on any atom is -0.451 e. The summed E-state index contributed by atoms with van der Waals surface area (Å²) in [6, 6.07) is 6.45. The molecule has 10 heteroatoms. The minimum atomic E-state index is -1.03. The Kier molecular flexibility index (Phi) is 4.61. The summed E-state index contributed by atoms with van der Waals surface area (Å²) in [6.45, 7) is -0.669. The lowest BCUT2D eigenvalue weighted by atomic mass is 10.3. The van der Waals surface area contributed by atoms with Gasteiger partial charge in [0, 0.05) is 12.4 Å². The summed E-state index contributed by atoms with van der Waals surface area (Å²) in [6.07, 6.45) is 2.76. The number of nitrogens with two attached hydrogens (primary N) is 1. The van der Waals surface area contributed by atoms with Crippen molar-refractivity contribution in [3.05, 3.63) is 42.4 Å². The maximum atomic E-state index is 12.2. The average Bonchev–Trinajstić information content (AvgIpc) is 3.03. The van der Waals surface area contributed by atoms with Gasteiger partial charge in [0.15, 0.2) is 12.3 Å². The van der Waals surface area contributed by atoms with E-state index < -0.39 is 24.5 Å². The number of hydrogen-bond donors (Lipinski definition) is 2. The summed E-state index contributed by atoms with van der Waals surface area (Å²) in [4.78, 5) is 46.6. The number of nitrogens with zero attached hydrogens (tertiary/aromatic N) is 3. The van der Waals surface area contributed by atoms with Gasteiger partial charge in [-0.25, -0.2) is 24.5 Å². The van der Waals surface area contributed by atoms with Crippen LogP contribution in [0.2, 0.25) is 0 Å². The molecule has 0 unspecified atom stereocenters. The highest BCUT2D eigenvalue weighted by molar-refractivity contribution is 7.21. The number of rotatable bonds is 4. The Morgan fingerprint density at radius 3 is 2.68 bits per heavy atom. The normalized spacial score (nSPS) is 10.4. The average molecular weight is 357 g/mol. The number of carbonyl (C=O) groups is 3. The van der Waals surface area contributed by atoms with Crippen molar-refractivity contribution in [1.82, 2.24) is 20.3 Å². The fourth-order valence-corrected chi connectivity index (χ4v) is 2.95. The van der Waals surface area contributed by atoms with Gasteiger partial charge >= 0.3 is 12.0 Å². The Morgan fingerprint density at radius 2 is 1.92 bits per heavy atom. The van der Waals surface area contributed by atoms with Gasteiger partial charge in [0.25, 0.3) is 5.91 Å². The molecule has 25 heavy (non-hydrogen) atoms. The zero-order valence-electron chi connectivity index (χ0n) is 12.6. The molecule has 0 fully saturated rings. The topological polar surface area (TPSA) is 137 Å². The molecule has 3 rings (SSSR count). The molecular formula is C15H11N5O4S. The first-order valence-corrected chi connectivity index (χ1v) is 7.79. The molecule has 0 aliphatic rings. The van der Waals surface area contributed by atoms with Crippen LogP contribution < -0.4 is 11.1 Å². The van der Waals surface area contributed by atoms with Crippen molar-refractivity contribution in [2.24, 2.45) is 5.73 Å². The standard InChI is InChI=1S/C15H11N5O4S/c16-15(23)20-10(21)7-24-14(22)12-11(17-5-6-18-12)13-19-8-3-1-2-4-9(8)25-13/h1-6H,7H2,(H3,16,20,21,23). The van der Waals surface area contributed by atoms with Crippen molar-refractivity contribution < 1.29 is 19.1 Å². The maximum absolute atomic E-state index is 12.2. The number of aromatic nitrogens is 3. The Bertz CT molecular complexity index is 938. The third-order valence-electron chi connectivity index (χ3n) is 2.99. The molecule has 3 aromatic rings. The van der Waals surface area contributed by atoms with Gasteiger partial charge in [0.2, 0.25) is 0 Å². The highest BCUT2D eigenvalue weighted by Crippen LogP contribution is 2.30. The van der Waals surface area contributed by atoms with Gasteiger partial charge in [-0.05, 0) is 12.1 Å². The summed E-state index contributed by atoms with van der Waals surface area (Å²) in [7, 11) is 0. The summed E-state index contributed by atoms with van der Waals surface area (Å²) in [5, 5.41) is 2.29. The number of nitrogens with one attached hydrogen (secondary N) is 1. The number of imide groups is 1. The van der Waals surface area contributed by atoms with Crippen molar-refractivity contribution in [3.8, 4) is 10.7 Å². The van der Waals surface area contributed by atoms with Gasteiger partial charge in [-0.15, -0.1) is 11.3 Å². The first-order chi connectivity index (χ1) is 12.0.